The Kier molecular flexibility index (Phi) is 8.44. The number of nitrogens with one attached hydrogen (secondary N) is 1. The molecule has 4 heteroatoms. The smallest absolute Gasteiger partial charge is 0.243 e. The van der Waals surface area contributed by atoms with Crippen LogP contribution in [0, 0.1) is 13.8 Å². The highest BCUT2D eigenvalue weighted by Gasteiger charge is 2.29. The van der Waals surface area contributed by atoms with Gasteiger partial charge in [-0.3, -0.25) is 9.59 Å². The van der Waals surface area contributed by atoms with Crippen LogP contribution in [0.4, 0.5) is 0 Å². The minimum absolute atomic E-state index is 0.0248. The van der Waals surface area contributed by atoms with Crippen molar-refractivity contribution in [1.29, 1.82) is 0 Å². The van der Waals surface area contributed by atoms with E-state index in [2.05, 4.69) is 5.32 Å². The molecule has 0 unspecified atom stereocenters. The lowest BCUT2D eigenvalue weighted by atomic mass is 10.0. The molecule has 2 amide bonds. The summed E-state index contributed by atoms with van der Waals surface area (Å²) in [5, 5.41) is 3.05. The van der Waals surface area contributed by atoms with Gasteiger partial charge in [-0.15, -0.1) is 0 Å². The molecule has 2 atom stereocenters. The van der Waals surface area contributed by atoms with Gasteiger partial charge in [-0.25, -0.2) is 0 Å². The topological polar surface area (TPSA) is 49.4 Å². The molecule has 4 nitrogen and oxygen atoms in total. The van der Waals surface area contributed by atoms with Crippen molar-refractivity contribution in [1.82, 2.24) is 10.2 Å². The fourth-order valence-corrected chi connectivity index (χ4v) is 3.31. The number of carbonyl (C=O) groups is 2. The summed E-state index contributed by atoms with van der Waals surface area (Å²) in [6.07, 6.45) is 1.73. The summed E-state index contributed by atoms with van der Waals surface area (Å²) < 4.78 is 0. The van der Waals surface area contributed by atoms with Crippen LogP contribution in [0.5, 0.6) is 0 Å². The minimum atomic E-state index is -0.485. The number of hydrogen-bond acceptors (Lipinski definition) is 2. The average molecular weight is 395 g/mol. The first-order valence-electron chi connectivity index (χ1n) is 10.6. The molecule has 0 aromatic heterocycles. The quantitative estimate of drug-likeness (QED) is 0.677. The maximum Gasteiger partial charge on any atom is 0.243 e. The molecular formula is C25H34N2O2. The average Bonchev–Trinajstić information content (AvgIpc) is 2.70. The SMILES string of the molecule is CC[C@@H](C)NC(=O)[C@@H](CC)N(Cc1ccccc1C)C(=O)Cc1ccc(C)cc1. The van der Waals surface area contributed by atoms with Crippen molar-refractivity contribution in [2.24, 2.45) is 0 Å². The van der Waals surface area contributed by atoms with E-state index >= 15 is 0 Å². The third-order valence-electron chi connectivity index (χ3n) is 5.46. The van der Waals surface area contributed by atoms with Gasteiger partial charge in [-0.05, 0) is 50.3 Å². The molecule has 0 heterocycles. The fraction of sp³-hybridized carbons (Fsp3) is 0.440. The van der Waals surface area contributed by atoms with Crippen molar-refractivity contribution in [2.75, 3.05) is 0 Å². The molecule has 2 aromatic rings. The van der Waals surface area contributed by atoms with Gasteiger partial charge in [-0.1, -0.05) is 67.9 Å². The normalized spacial score (nSPS) is 12.9. The highest BCUT2D eigenvalue weighted by Crippen LogP contribution is 2.17. The Labute approximate surface area is 175 Å². The molecule has 0 aliphatic rings. The predicted octanol–water partition coefficient (Wildman–Crippen LogP) is 4.57. The van der Waals surface area contributed by atoms with Crippen LogP contribution >= 0.6 is 0 Å². The molecule has 0 spiro atoms. The van der Waals surface area contributed by atoms with E-state index in [1.165, 1.54) is 0 Å². The first kappa shape index (κ1) is 22.7. The number of hydrogen-bond donors (Lipinski definition) is 1. The van der Waals surface area contributed by atoms with Gasteiger partial charge >= 0.3 is 0 Å². The summed E-state index contributed by atoms with van der Waals surface area (Å²) in [6, 6.07) is 15.6. The zero-order chi connectivity index (χ0) is 21.4. The summed E-state index contributed by atoms with van der Waals surface area (Å²) in [5.41, 5.74) is 4.32. The van der Waals surface area contributed by atoms with E-state index in [0.717, 1.165) is 28.7 Å². The van der Waals surface area contributed by atoms with E-state index in [-0.39, 0.29) is 17.9 Å². The molecule has 29 heavy (non-hydrogen) atoms. The molecule has 2 aromatic carbocycles. The second-order valence-corrected chi connectivity index (χ2v) is 7.85. The number of rotatable bonds is 9. The molecule has 0 fully saturated rings. The van der Waals surface area contributed by atoms with Crippen molar-refractivity contribution < 1.29 is 9.59 Å². The van der Waals surface area contributed by atoms with Crippen LogP contribution in [0.3, 0.4) is 0 Å². The number of amides is 2. The Bertz CT molecular complexity index is 814. The van der Waals surface area contributed by atoms with Gasteiger partial charge in [0.05, 0.1) is 6.42 Å². The highest BCUT2D eigenvalue weighted by atomic mass is 16.2. The monoisotopic (exact) mass is 394 g/mol. The molecular weight excluding hydrogens is 360 g/mol. The first-order valence-corrected chi connectivity index (χ1v) is 10.6. The van der Waals surface area contributed by atoms with Gasteiger partial charge in [0.2, 0.25) is 11.8 Å². The van der Waals surface area contributed by atoms with Crippen molar-refractivity contribution >= 4 is 11.8 Å². The third kappa shape index (κ3) is 6.45. The fourth-order valence-electron chi connectivity index (χ4n) is 3.31. The van der Waals surface area contributed by atoms with Crippen LogP contribution in [0.15, 0.2) is 48.5 Å². The molecule has 156 valence electrons. The van der Waals surface area contributed by atoms with E-state index in [4.69, 9.17) is 0 Å². The Hall–Kier alpha value is -2.62. The summed E-state index contributed by atoms with van der Waals surface area (Å²) in [4.78, 5) is 28.0. The Morgan fingerprint density at radius 2 is 1.62 bits per heavy atom. The van der Waals surface area contributed by atoms with Gasteiger partial charge in [0.1, 0.15) is 6.04 Å². The summed E-state index contributed by atoms with van der Waals surface area (Å²) in [5.74, 6) is -0.101. The molecule has 0 saturated heterocycles. The van der Waals surface area contributed by atoms with Crippen molar-refractivity contribution in [3.8, 4) is 0 Å². The molecule has 0 aliphatic carbocycles. The number of nitrogens with zero attached hydrogens (tertiary/aromatic N) is 1. The van der Waals surface area contributed by atoms with Crippen molar-refractivity contribution in [3.63, 3.8) is 0 Å². The molecule has 0 saturated carbocycles. The van der Waals surface area contributed by atoms with Gasteiger partial charge < -0.3 is 10.2 Å². The standard InChI is InChI=1S/C25H34N2O2/c1-6-20(5)26-25(29)23(7-2)27(17-22-11-9-8-10-19(22)4)24(28)16-21-14-12-18(3)13-15-21/h8-15,20,23H,6-7,16-17H2,1-5H3,(H,26,29)/t20-,23-/m1/s1. The molecule has 0 bridgehead atoms. The lowest BCUT2D eigenvalue weighted by molar-refractivity contribution is -0.141. The number of aryl methyl sites for hydroxylation is 2. The van der Waals surface area contributed by atoms with Gasteiger partial charge in [0.15, 0.2) is 0 Å². The molecule has 0 radical (unpaired) electrons. The first-order chi connectivity index (χ1) is 13.8. The highest BCUT2D eigenvalue weighted by molar-refractivity contribution is 5.88. The van der Waals surface area contributed by atoms with Crippen LogP contribution in [0.1, 0.15) is 55.9 Å². The third-order valence-corrected chi connectivity index (χ3v) is 5.46. The second-order valence-electron chi connectivity index (χ2n) is 7.85. The van der Waals surface area contributed by atoms with E-state index < -0.39 is 6.04 Å². The van der Waals surface area contributed by atoms with E-state index in [9.17, 15) is 9.59 Å². The van der Waals surface area contributed by atoms with Crippen LogP contribution in [0.2, 0.25) is 0 Å². The van der Waals surface area contributed by atoms with Crippen LogP contribution < -0.4 is 5.32 Å². The van der Waals surface area contributed by atoms with E-state index in [1.807, 2.05) is 83.1 Å². The number of carbonyl (C=O) groups excluding carboxylic acids is 2. The lowest BCUT2D eigenvalue weighted by Gasteiger charge is -2.32. The zero-order valence-corrected chi connectivity index (χ0v) is 18.4. The number of benzene rings is 2. The van der Waals surface area contributed by atoms with E-state index in [1.54, 1.807) is 4.90 Å². The summed E-state index contributed by atoms with van der Waals surface area (Å²) in [6.45, 7) is 10.5. The zero-order valence-electron chi connectivity index (χ0n) is 18.4. The summed E-state index contributed by atoms with van der Waals surface area (Å²) >= 11 is 0. The van der Waals surface area contributed by atoms with Crippen LogP contribution in [0.25, 0.3) is 0 Å². The minimum Gasteiger partial charge on any atom is -0.352 e. The van der Waals surface area contributed by atoms with Crippen LogP contribution in [-0.2, 0) is 22.6 Å². The maximum atomic E-state index is 13.3. The van der Waals surface area contributed by atoms with Crippen molar-refractivity contribution in [3.05, 3.63) is 70.8 Å². The molecule has 1 N–H and O–H groups in total. The van der Waals surface area contributed by atoms with Crippen molar-refractivity contribution in [2.45, 2.75) is 72.5 Å². The van der Waals surface area contributed by atoms with E-state index in [0.29, 0.717) is 19.4 Å². The predicted molar refractivity (Wildman–Crippen MR) is 119 cm³/mol. The lowest BCUT2D eigenvalue weighted by Crippen LogP contribution is -2.51. The Morgan fingerprint density at radius 1 is 0.966 bits per heavy atom. The van der Waals surface area contributed by atoms with Gasteiger partial charge in [0.25, 0.3) is 0 Å². The van der Waals surface area contributed by atoms with Gasteiger partial charge in [-0.2, -0.15) is 0 Å². The molecule has 0 aliphatic heterocycles. The summed E-state index contributed by atoms with van der Waals surface area (Å²) in [7, 11) is 0. The van der Waals surface area contributed by atoms with Gasteiger partial charge in [0, 0.05) is 12.6 Å². The maximum absolute atomic E-state index is 13.3. The largest absolute Gasteiger partial charge is 0.352 e. The molecule has 2 rings (SSSR count). The Balaban J connectivity index is 2.30. The van der Waals surface area contributed by atoms with Crippen LogP contribution in [-0.4, -0.2) is 28.8 Å². The Morgan fingerprint density at radius 3 is 2.21 bits per heavy atom. The second kappa shape index (κ2) is 10.8.